The Kier molecular flexibility index (Phi) is 7.76. The average molecular weight is 529 g/mol. The van der Waals surface area contributed by atoms with Crippen molar-refractivity contribution in [3.05, 3.63) is 66.5 Å². The normalized spacial score (nSPS) is 13.8. The van der Waals surface area contributed by atoms with Crippen LogP contribution in [0.1, 0.15) is 10.4 Å². The molecule has 0 spiro atoms. The van der Waals surface area contributed by atoms with Crippen molar-refractivity contribution >= 4 is 28.7 Å². The van der Waals surface area contributed by atoms with Gasteiger partial charge in [0.15, 0.2) is 0 Å². The van der Waals surface area contributed by atoms with E-state index in [9.17, 15) is 14.7 Å². The van der Waals surface area contributed by atoms with Crippen LogP contribution in [0.3, 0.4) is 0 Å². The highest BCUT2D eigenvalue weighted by Crippen LogP contribution is 2.36. The SMILES string of the molecule is CN(C)C(=O)c1cc(-c2cnc3[nH]cc(-c4ccccc4O)c3c2)ccc1NC(=O)NCCN1CCOCC1. The summed E-state index contributed by atoms with van der Waals surface area (Å²) in [7, 11) is 3.35. The van der Waals surface area contributed by atoms with Crippen LogP contribution in [0, 0.1) is 0 Å². The predicted molar refractivity (Wildman–Crippen MR) is 151 cm³/mol. The van der Waals surface area contributed by atoms with Gasteiger partial charge >= 0.3 is 6.03 Å². The number of H-pyrrole nitrogens is 1. The fraction of sp³-hybridized carbons (Fsp3) is 0.276. The van der Waals surface area contributed by atoms with Crippen LogP contribution in [0.2, 0.25) is 0 Å². The van der Waals surface area contributed by atoms with Crippen LogP contribution in [0.15, 0.2) is 60.9 Å². The zero-order chi connectivity index (χ0) is 27.4. The van der Waals surface area contributed by atoms with Gasteiger partial charge in [-0.2, -0.15) is 0 Å². The number of nitrogens with zero attached hydrogens (tertiary/aromatic N) is 3. The van der Waals surface area contributed by atoms with E-state index in [1.165, 1.54) is 4.90 Å². The largest absolute Gasteiger partial charge is 0.507 e. The molecule has 4 N–H and O–H groups in total. The third-order valence-corrected chi connectivity index (χ3v) is 6.78. The van der Waals surface area contributed by atoms with Gasteiger partial charge < -0.3 is 30.4 Å². The summed E-state index contributed by atoms with van der Waals surface area (Å²) >= 11 is 0. The van der Waals surface area contributed by atoms with E-state index in [4.69, 9.17) is 4.74 Å². The Bertz CT molecular complexity index is 1490. The minimum absolute atomic E-state index is 0.182. The summed E-state index contributed by atoms with van der Waals surface area (Å²) in [5.74, 6) is -0.0487. The quantitative estimate of drug-likeness (QED) is 0.290. The molecule has 10 nitrogen and oxygen atoms in total. The lowest BCUT2D eigenvalue weighted by Crippen LogP contribution is -2.42. The van der Waals surface area contributed by atoms with Gasteiger partial charge in [-0.3, -0.25) is 9.69 Å². The third-order valence-electron chi connectivity index (χ3n) is 6.78. The van der Waals surface area contributed by atoms with Gasteiger partial charge in [-0.1, -0.05) is 24.3 Å². The molecule has 2 aromatic heterocycles. The minimum atomic E-state index is -0.369. The van der Waals surface area contributed by atoms with Crippen LogP contribution >= 0.6 is 0 Å². The second kappa shape index (κ2) is 11.5. The first kappa shape index (κ1) is 26.2. The van der Waals surface area contributed by atoms with Gasteiger partial charge in [0, 0.05) is 74.7 Å². The number of aromatic hydroxyl groups is 1. The highest BCUT2D eigenvalue weighted by Gasteiger charge is 2.18. The first-order chi connectivity index (χ1) is 18.9. The molecule has 10 heteroatoms. The first-order valence-electron chi connectivity index (χ1n) is 12.9. The van der Waals surface area contributed by atoms with Gasteiger partial charge in [0.1, 0.15) is 11.4 Å². The second-order valence-electron chi connectivity index (χ2n) is 9.63. The van der Waals surface area contributed by atoms with Crippen molar-refractivity contribution < 1.29 is 19.4 Å². The maximum absolute atomic E-state index is 13.1. The number of aromatic amines is 1. The topological polar surface area (TPSA) is 123 Å². The van der Waals surface area contributed by atoms with Crippen LogP contribution < -0.4 is 10.6 Å². The summed E-state index contributed by atoms with van der Waals surface area (Å²) in [6.07, 6.45) is 3.56. The average Bonchev–Trinajstić information content (AvgIpc) is 3.37. The number of carbonyl (C=O) groups is 2. The van der Waals surface area contributed by atoms with Crippen molar-refractivity contribution in [2.45, 2.75) is 0 Å². The number of hydrogen-bond donors (Lipinski definition) is 4. The molecule has 0 saturated carbocycles. The van der Waals surface area contributed by atoms with Crippen molar-refractivity contribution in [3.63, 3.8) is 0 Å². The number of benzene rings is 2. The molecule has 0 aliphatic carbocycles. The lowest BCUT2D eigenvalue weighted by molar-refractivity contribution is 0.0388. The highest BCUT2D eigenvalue weighted by molar-refractivity contribution is 6.04. The van der Waals surface area contributed by atoms with Crippen molar-refractivity contribution in [1.82, 2.24) is 25.1 Å². The monoisotopic (exact) mass is 528 g/mol. The molecule has 1 saturated heterocycles. The zero-order valence-corrected chi connectivity index (χ0v) is 22.0. The van der Waals surface area contributed by atoms with E-state index < -0.39 is 0 Å². The maximum atomic E-state index is 13.1. The minimum Gasteiger partial charge on any atom is -0.507 e. The number of hydrogen-bond acceptors (Lipinski definition) is 6. The third kappa shape index (κ3) is 5.87. The molecular formula is C29H32N6O4. The van der Waals surface area contributed by atoms with E-state index in [1.807, 2.05) is 30.5 Å². The molecule has 1 aliphatic rings. The number of ether oxygens (including phenoxy) is 1. The number of urea groups is 1. The van der Waals surface area contributed by atoms with Gasteiger partial charge in [0.05, 0.1) is 24.5 Å². The zero-order valence-electron chi connectivity index (χ0n) is 22.0. The molecule has 1 aliphatic heterocycles. The Balaban J connectivity index is 1.39. The molecule has 4 aromatic rings. The number of para-hydroxylation sites is 1. The fourth-order valence-corrected chi connectivity index (χ4v) is 4.65. The summed E-state index contributed by atoms with van der Waals surface area (Å²) in [4.78, 5) is 37.2. The standard InChI is InChI=1S/C29H32N6O4/c1-34(2)28(37)23-15-19(7-8-25(23)33-29(38)30-9-10-35-11-13-39-14-12-35)20-16-22-24(18-32-27(22)31-17-20)21-5-3-4-6-26(21)36/h3-8,15-18,36H,9-14H2,1-2H3,(H,31,32)(H2,30,33,38). The van der Waals surface area contributed by atoms with Gasteiger partial charge in [0.2, 0.25) is 0 Å². The van der Waals surface area contributed by atoms with E-state index in [1.54, 1.807) is 44.6 Å². The molecule has 0 unspecified atom stereocenters. The van der Waals surface area contributed by atoms with Gasteiger partial charge in [-0.25, -0.2) is 9.78 Å². The molecule has 202 valence electrons. The Morgan fingerprint density at radius 1 is 1.08 bits per heavy atom. The second-order valence-corrected chi connectivity index (χ2v) is 9.63. The fourth-order valence-electron chi connectivity index (χ4n) is 4.65. The molecule has 3 amide bonds. The molecule has 0 atom stereocenters. The van der Waals surface area contributed by atoms with Crippen molar-refractivity contribution in [2.24, 2.45) is 0 Å². The van der Waals surface area contributed by atoms with E-state index in [2.05, 4.69) is 25.5 Å². The molecule has 0 radical (unpaired) electrons. The first-order valence-corrected chi connectivity index (χ1v) is 12.9. The van der Waals surface area contributed by atoms with Gasteiger partial charge in [-0.05, 0) is 29.8 Å². The summed E-state index contributed by atoms with van der Waals surface area (Å²) < 4.78 is 5.36. The smallest absolute Gasteiger partial charge is 0.319 e. The molecule has 2 aromatic carbocycles. The Labute approximate surface area is 226 Å². The van der Waals surface area contributed by atoms with E-state index in [0.717, 1.165) is 41.7 Å². The number of morpholine rings is 1. The number of anilines is 1. The molecule has 1 fully saturated rings. The number of carbonyl (C=O) groups excluding carboxylic acids is 2. The number of amides is 3. The van der Waals surface area contributed by atoms with E-state index in [0.29, 0.717) is 42.2 Å². The molecule has 3 heterocycles. The van der Waals surface area contributed by atoms with E-state index >= 15 is 0 Å². The predicted octanol–water partition coefficient (Wildman–Crippen LogP) is 3.76. The van der Waals surface area contributed by atoms with E-state index in [-0.39, 0.29) is 17.7 Å². The summed E-state index contributed by atoms with van der Waals surface area (Å²) in [6.45, 7) is 4.33. The number of aromatic nitrogens is 2. The lowest BCUT2D eigenvalue weighted by Gasteiger charge is -2.26. The molecule has 39 heavy (non-hydrogen) atoms. The number of rotatable bonds is 7. The summed E-state index contributed by atoms with van der Waals surface area (Å²) in [5, 5.41) is 16.9. The lowest BCUT2D eigenvalue weighted by atomic mass is 9.99. The Hall–Kier alpha value is -4.41. The number of fused-ring (bicyclic) bond motifs is 1. The van der Waals surface area contributed by atoms with Crippen LogP contribution in [0.4, 0.5) is 10.5 Å². The summed E-state index contributed by atoms with van der Waals surface area (Å²) in [5.41, 5.74) is 4.58. The van der Waals surface area contributed by atoms with Crippen LogP contribution in [-0.4, -0.2) is 90.3 Å². The number of phenols is 1. The highest BCUT2D eigenvalue weighted by atomic mass is 16.5. The van der Waals surface area contributed by atoms with Crippen LogP contribution in [0.25, 0.3) is 33.3 Å². The van der Waals surface area contributed by atoms with Gasteiger partial charge in [0.25, 0.3) is 5.91 Å². The van der Waals surface area contributed by atoms with Crippen molar-refractivity contribution in [1.29, 1.82) is 0 Å². The van der Waals surface area contributed by atoms with Crippen LogP contribution in [-0.2, 0) is 4.74 Å². The maximum Gasteiger partial charge on any atom is 0.319 e. The molecule has 5 rings (SSSR count). The molecular weight excluding hydrogens is 496 g/mol. The van der Waals surface area contributed by atoms with Crippen molar-refractivity contribution in [2.75, 3.05) is 58.8 Å². The van der Waals surface area contributed by atoms with Crippen LogP contribution in [0.5, 0.6) is 5.75 Å². The summed E-state index contributed by atoms with van der Waals surface area (Å²) in [6, 6.07) is 14.1. The van der Waals surface area contributed by atoms with Gasteiger partial charge in [-0.15, -0.1) is 0 Å². The number of phenolic OH excluding ortho intramolecular Hbond substituents is 1. The van der Waals surface area contributed by atoms with Crippen molar-refractivity contribution in [3.8, 4) is 28.0 Å². The number of pyridine rings is 1. The molecule has 0 bridgehead atoms. The number of nitrogens with one attached hydrogen (secondary N) is 3. The Morgan fingerprint density at radius 2 is 1.87 bits per heavy atom. The Morgan fingerprint density at radius 3 is 2.64 bits per heavy atom.